The summed E-state index contributed by atoms with van der Waals surface area (Å²) in [7, 11) is 0. The van der Waals surface area contributed by atoms with Gasteiger partial charge in [-0.3, -0.25) is 0 Å². The molecule has 1 saturated carbocycles. The molecule has 3 N–H and O–H groups in total. The lowest BCUT2D eigenvalue weighted by Gasteiger charge is -2.28. The van der Waals surface area contributed by atoms with Gasteiger partial charge in [0.2, 0.25) is 0 Å². The van der Waals surface area contributed by atoms with Crippen molar-refractivity contribution in [1.29, 1.82) is 0 Å². The predicted molar refractivity (Wildman–Crippen MR) is 43.5 cm³/mol. The fourth-order valence-corrected chi connectivity index (χ4v) is 1.34. The first-order valence-electron chi connectivity index (χ1n) is 4.45. The molecule has 0 unspecified atom stereocenters. The van der Waals surface area contributed by atoms with Crippen LogP contribution in [0.3, 0.4) is 0 Å². The minimum absolute atomic E-state index is 0.274. The molecule has 0 aromatic heterocycles. The molecule has 0 amide bonds. The predicted octanol–water partition coefficient (Wildman–Crippen LogP) is -0.537. The van der Waals surface area contributed by atoms with Crippen LogP contribution in [0, 0.1) is 0 Å². The van der Waals surface area contributed by atoms with Gasteiger partial charge in [-0.25, -0.2) is 0 Å². The van der Waals surface area contributed by atoms with Crippen molar-refractivity contribution in [2.45, 2.75) is 30.9 Å². The van der Waals surface area contributed by atoms with Crippen LogP contribution >= 0.6 is 0 Å². The van der Waals surface area contributed by atoms with Gasteiger partial charge in [0.25, 0.3) is 0 Å². The Balaban J connectivity index is 1.53. The molecule has 1 heterocycles. The number of hydrogen-bond acceptors (Lipinski definition) is 3. The van der Waals surface area contributed by atoms with Gasteiger partial charge >= 0.3 is 0 Å². The Labute approximate surface area is 67.2 Å². The molecule has 1 saturated heterocycles. The zero-order chi connectivity index (χ0) is 7.73. The largest absolute Gasteiger partial charge is 0.390 e. The van der Waals surface area contributed by atoms with E-state index in [9.17, 15) is 5.11 Å². The van der Waals surface area contributed by atoms with Gasteiger partial charge in [-0.05, 0) is 25.8 Å². The molecule has 11 heavy (non-hydrogen) atoms. The van der Waals surface area contributed by atoms with Gasteiger partial charge in [0.15, 0.2) is 0 Å². The monoisotopic (exact) mass is 156 g/mol. The van der Waals surface area contributed by atoms with Crippen molar-refractivity contribution in [3.05, 3.63) is 0 Å². The third-order valence-corrected chi connectivity index (χ3v) is 2.63. The van der Waals surface area contributed by atoms with E-state index < -0.39 is 0 Å². The Kier molecular flexibility index (Phi) is 1.87. The summed E-state index contributed by atoms with van der Waals surface area (Å²) in [5.41, 5.74) is -0.274. The van der Waals surface area contributed by atoms with E-state index in [1.165, 1.54) is 0 Å². The zero-order valence-electron chi connectivity index (χ0n) is 6.77. The third-order valence-electron chi connectivity index (χ3n) is 2.63. The average molecular weight is 156 g/mol. The molecule has 0 aromatic carbocycles. The van der Waals surface area contributed by atoms with Gasteiger partial charge in [-0.15, -0.1) is 0 Å². The molecule has 2 rings (SSSR count). The lowest BCUT2D eigenvalue weighted by Crippen LogP contribution is -2.55. The molecule has 64 valence electrons. The van der Waals surface area contributed by atoms with Gasteiger partial charge in [0, 0.05) is 19.1 Å². The highest BCUT2D eigenvalue weighted by atomic mass is 16.3. The van der Waals surface area contributed by atoms with Gasteiger partial charge in [-0.1, -0.05) is 0 Å². The summed E-state index contributed by atoms with van der Waals surface area (Å²) < 4.78 is 0. The van der Waals surface area contributed by atoms with Crippen molar-refractivity contribution < 1.29 is 5.11 Å². The van der Waals surface area contributed by atoms with Crippen molar-refractivity contribution in [2.24, 2.45) is 0 Å². The minimum atomic E-state index is -0.274. The van der Waals surface area contributed by atoms with E-state index in [4.69, 9.17) is 0 Å². The van der Waals surface area contributed by atoms with Crippen LogP contribution < -0.4 is 10.6 Å². The Bertz CT molecular complexity index is 141. The minimum Gasteiger partial charge on any atom is -0.390 e. The van der Waals surface area contributed by atoms with Crippen LogP contribution in [0.4, 0.5) is 0 Å². The molecule has 3 heteroatoms. The summed E-state index contributed by atoms with van der Waals surface area (Å²) in [5, 5.41) is 16.1. The summed E-state index contributed by atoms with van der Waals surface area (Å²) in [6.45, 7) is 3.17. The van der Waals surface area contributed by atoms with Crippen LogP contribution in [-0.4, -0.2) is 36.4 Å². The molecule has 2 aliphatic rings. The quantitative estimate of drug-likeness (QED) is 0.512. The van der Waals surface area contributed by atoms with Crippen LogP contribution in [0.15, 0.2) is 0 Å². The Hall–Kier alpha value is -0.120. The zero-order valence-corrected chi connectivity index (χ0v) is 6.77. The van der Waals surface area contributed by atoms with Crippen molar-refractivity contribution in [2.75, 3.05) is 19.6 Å². The maximum Gasteiger partial charge on any atom is 0.0662 e. The highest BCUT2D eigenvalue weighted by Gasteiger charge is 2.39. The summed E-state index contributed by atoms with van der Waals surface area (Å²) in [5.74, 6) is 0. The molecule has 3 nitrogen and oxygen atoms in total. The van der Waals surface area contributed by atoms with Crippen molar-refractivity contribution in [3.63, 3.8) is 0 Å². The summed E-state index contributed by atoms with van der Waals surface area (Å²) in [6.07, 6.45) is 2.96. The second kappa shape index (κ2) is 2.73. The first kappa shape index (κ1) is 7.53. The molecular weight excluding hydrogens is 140 g/mol. The van der Waals surface area contributed by atoms with E-state index in [0.29, 0.717) is 6.04 Å². The Morgan fingerprint density at radius 3 is 2.64 bits per heavy atom. The number of rotatable bonds is 4. The maximum absolute atomic E-state index is 9.48. The number of aliphatic hydroxyl groups is 1. The lowest BCUT2D eigenvalue weighted by atomic mass is 10.1. The fourth-order valence-electron chi connectivity index (χ4n) is 1.34. The molecular formula is C8H16N2O. The summed E-state index contributed by atoms with van der Waals surface area (Å²) in [6, 6.07) is 0.664. The lowest BCUT2D eigenvalue weighted by molar-refractivity contribution is 0.137. The van der Waals surface area contributed by atoms with E-state index in [0.717, 1.165) is 38.9 Å². The van der Waals surface area contributed by atoms with E-state index >= 15 is 0 Å². The maximum atomic E-state index is 9.48. The highest BCUT2D eigenvalue weighted by molar-refractivity contribution is 4.94. The normalized spacial score (nSPS) is 28.1. The molecule has 0 aromatic rings. The fraction of sp³-hybridized carbons (Fsp3) is 1.00. The molecule has 0 bridgehead atoms. The standard InChI is InChI=1S/C8H16N2O/c11-8(1-2-8)3-4-10-7-5-9-6-7/h7,9-11H,1-6H2. The molecule has 1 aliphatic carbocycles. The summed E-state index contributed by atoms with van der Waals surface area (Å²) >= 11 is 0. The molecule has 0 atom stereocenters. The van der Waals surface area contributed by atoms with E-state index in [1.807, 2.05) is 0 Å². The highest BCUT2D eigenvalue weighted by Crippen LogP contribution is 2.37. The summed E-state index contributed by atoms with van der Waals surface area (Å²) in [4.78, 5) is 0. The van der Waals surface area contributed by atoms with Gasteiger partial charge in [-0.2, -0.15) is 0 Å². The van der Waals surface area contributed by atoms with Gasteiger partial charge in [0.1, 0.15) is 0 Å². The van der Waals surface area contributed by atoms with Crippen LogP contribution in [0.2, 0.25) is 0 Å². The van der Waals surface area contributed by atoms with E-state index in [1.54, 1.807) is 0 Å². The first-order chi connectivity index (χ1) is 5.29. The van der Waals surface area contributed by atoms with E-state index in [-0.39, 0.29) is 5.60 Å². The van der Waals surface area contributed by atoms with Crippen LogP contribution in [-0.2, 0) is 0 Å². The van der Waals surface area contributed by atoms with Crippen molar-refractivity contribution in [1.82, 2.24) is 10.6 Å². The van der Waals surface area contributed by atoms with Crippen LogP contribution in [0.1, 0.15) is 19.3 Å². The topological polar surface area (TPSA) is 44.3 Å². The average Bonchev–Trinajstić information content (AvgIpc) is 2.57. The molecule has 0 radical (unpaired) electrons. The molecule has 0 spiro atoms. The number of nitrogens with one attached hydrogen (secondary N) is 2. The third kappa shape index (κ3) is 1.92. The first-order valence-corrected chi connectivity index (χ1v) is 4.45. The molecule has 1 aliphatic heterocycles. The molecule has 2 fully saturated rings. The van der Waals surface area contributed by atoms with Gasteiger partial charge in [0.05, 0.1) is 5.60 Å². The SMILES string of the molecule is OC1(CCNC2CNC2)CC1. The van der Waals surface area contributed by atoms with Crippen molar-refractivity contribution >= 4 is 0 Å². The Morgan fingerprint density at radius 1 is 1.45 bits per heavy atom. The van der Waals surface area contributed by atoms with E-state index in [2.05, 4.69) is 10.6 Å². The van der Waals surface area contributed by atoms with Crippen LogP contribution in [0.25, 0.3) is 0 Å². The van der Waals surface area contributed by atoms with Crippen LogP contribution in [0.5, 0.6) is 0 Å². The Morgan fingerprint density at radius 2 is 2.18 bits per heavy atom. The number of hydrogen-bond donors (Lipinski definition) is 3. The smallest absolute Gasteiger partial charge is 0.0662 e. The van der Waals surface area contributed by atoms with Gasteiger partial charge < -0.3 is 15.7 Å². The second-order valence-corrected chi connectivity index (χ2v) is 3.78. The second-order valence-electron chi connectivity index (χ2n) is 3.78. The van der Waals surface area contributed by atoms with Crippen molar-refractivity contribution in [3.8, 4) is 0 Å².